The monoisotopic (exact) mass is 539 g/mol. The molecular weight excluding hydrogens is 513 g/mol. The molecule has 3 aromatic heterocycles. The van der Waals surface area contributed by atoms with E-state index in [0.29, 0.717) is 30.3 Å². The number of nitrogens with two attached hydrogens (primary N) is 1. The third-order valence-corrected chi connectivity index (χ3v) is 6.94. The molecule has 202 valence electrons. The topological polar surface area (TPSA) is 130 Å². The Labute approximate surface area is 228 Å². The maximum atomic E-state index is 13.5. The molecular formula is C29H26FN7O3. The average Bonchev–Trinajstić information content (AvgIpc) is 3.29. The fraction of sp³-hybridized carbons (Fsp3) is 0.207. The van der Waals surface area contributed by atoms with E-state index < -0.39 is 17.2 Å². The maximum Gasteiger partial charge on any atom is 0.280 e. The van der Waals surface area contributed by atoms with Crippen LogP contribution in [0.5, 0.6) is 0 Å². The average molecular weight is 540 g/mol. The number of amides is 1. The summed E-state index contributed by atoms with van der Waals surface area (Å²) in [5.74, 6) is -0.680. The van der Waals surface area contributed by atoms with Crippen LogP contribution in [0.3, 0.4) is 0 Å². The number of nitrogens with zero attached hydrogens (tertiary/aromatic N) is 5. The number of hydrogen-bond acceptors (Lipinski definition) is 7. The summed E-state index contributed by atoms with van der Waals surface area (Å²) in [6.45, 7) is 4.98. The first-order chi connectivity index (χ1) is 19.3. The highest BCUT2D eigenvalue weighted by atomic mass is 19.1. The van der Waals surface area contributed by atoms with Crippen molar-refractivity contribution in [2.24, 2.45) is 0 Å². The number of benzene rings is 2. The predicted octanol–water partition coefficient (Wildman–Crippen LogP) is 4.45. The summed E-state index contributed by atoms with van der Waals surface area (Å²) in [6.07, 6.45) is 5.02. The molecule has 0 bridgehead atoms. The Morgan fingerprint density at radius 1 is 1.02 bits per heavy atom. The molecule has 0 atom stereocenters. The van der Waals surface area contributed by atoms with Gasteiger partial charge in [-0.3, -0.25) is 14.3 Å². The van der Waals surface area contributed by atoms with Gasteiger partial charge in [-0.1, -0.05) is 24.3 Å². The van der Waals surface area contributed by atoms with Gasteiger partial charge in [-0.2, -0.15) is 5.10 Å². The second-order valence-electron chi connectivity index (χ2n) is 9.93. The molecule has 10 nitrogen and oxygen atoms in total. The minimum absolute atomic E-state index is 0.115. The number of nitrogens with one attached hydrogen (secondary N) is 1. The van der Waals surface area contributed by atoms with Crippen LogP contribution in [-0.2, 0) is 4.74 Å². The number of hydrogen-bond donors (Lipinski definition) is 2. The van der Waals surface area contributed by atoms with Crippen LogP contribution in [-0.4, -0.2) is 43.4 Å². The third kappa shape index (κ3) is 4.50. The molecule has 5 aromatic rings. The first-order valence-corrected chi connectivity index (χ1v) is 12.8. The summed E-state index contributed by atoms with van der Waals surface area (Å²) in [4.78, 5) is 35.1. The van der Waals surface area contributed by atoms with Crippen molar-refractivity contribution in [3.8, 4) is 22.3 Å². The van der Waals surface area contributed by atoms with Crippen molar-refractivity contribution < 1.29 is 13.9 Å². The first-order valence-electron chi connectivity index (χ1n) is 12.8. The third-order valence-electron chi connectivity index (χ3n) is 6.94. The molecule has 1 aliphatic heterocycles. The van der Waals surface area contributed by atoms with Crippen LogP contribution in [0.4, 0.5) is 15.9 Å². The zero-order valence-electron chi connectivity index (χ0n) is 21.8. The van der Waals surface area contributed by atoms with Crippen molar-refractivity contribution in [1.29, 1.82) is 0 Å². The number of rotatable bonds is 6. The molecule has 4 heterocycles. The van der Waals surface area contributed by atoms with Crippen LogP contribution in [0, 0.1) is 5.82 Å². The standard InChI is InChI=1S/C29H26FN7O3/c1-16(2)37-12-23(18-3-7-19(30)8-4-18)26(38)25(35-37)29(39)34-20-9-5-17(6-10-20)22-11-36(21-13-40-14-21)28-24(22)27(31)32-15-33-28/h3-12,15-16,21H,13-14H2,1-2H3,(H,34,39)(H2,31,32,33). The Morgan fingerprint density at radius 3 is 2.35 bits per heavy atom. The molecule has 1 aliphatic rings. The van der Waals surface area contributed by atoms with Crippen molar-refractivity contribution in [2.75, 3.05) is 24.3 Å². The number of carbonyl (C=O) groups is 1. The van der Waals surface area contributed by atoms with Gasteiger partial charge in [-0.15, -0.1) is 0 Å². The van der Waals surface area contributed by atoms with Crippen LogP contribution < -0.4 is 16.5 Å². The molecule has 3 N–H and O–H groups in total. The fourth-order valence-corrected chi connectivity index (χ4v) is 4.67. The Bertz CT molecular complexity index is 1790. The van der Waals surface area contributed by atoms with Gasteiger partial charge >= 0.3 is 0 Å². The van der Waals surface area contributed by atoms with E-state index in [1.807, 2.05) is 32.2 Å². The molecule has 1 saturated heterocycles. The lowest BCUT2D eigenvalue weighted by Crippen LogP contribution is -2.30. The summed E-state index contributed by atoms with van der Waals surface area (Å²) in [7, 11) is 0. The lowest BCUT2D eigenvalue weighted by molar-refractivity contribution is -0.0215. The van der Waals surface area contributed by atoms with Gasteiger partial charge in [0.1, 0.15) is 23.6 Å². The largest absolute Gasteiger partial charge is 0.383 e. The van der Waals surface area contributed by atoms with Gasteiger partial charge in [-0.25, -0.2) is 14.4 Å². The molecule has 2 aromatic carbocycles. The van der Waals surface area contributed by atoms with Crippen molar-refractivity contribution >= 4 is 28.4 Å². The smallest absolute Gasteiger partial charge is 0.280 e. The van der Waals surface area contributed by atoms with Crippen LogP contribution >= 0.6 is 0 Å². The van der Waals surface area contributed by atoms with Crippen molar-refractivity contribution in [3.05, 3.63) is 89.0 Å². The SMILES string of the molecule is CC(C)n1cc(-c2ccc(F)cc2)c(=O)c(C(=O)Nc2ccc(-c3cn(C4COC4)c4ncnc(N)c34)cc2)n1. The number of halogens is 1. The molecule has 1 amide bonds. The van der Waals surface area contributed by atoms with E-state index in [0.717, 1.165) is 22.2 Å². The van der Waals surface area contributed by atoms with Gasteiger partial charge < -0.3 is 20.4 Å². The Morgan fingerprint density at radius 2 is 1.70 bits per heavy atom. The van der Waals surface area contributed by atoms with Crippen LogP contribution in [0.25, 0.3) is 33.3 Å². The molecule has 6 rings (SSSR count). The summed E-state index contributed by atoms with van der Waals surface area (Å²) in [5, 5.41) is 7.82. The Kier molecular flexibility index (Phi) is 6.35. The number of aromatic nitrogens is 5. The van der Waals surface area contributed by atoms with E-state index in [4.69, 9.17) is 10.5 Å². The summed E-state index contributed by atoms with van der Waals surface area (Å²) in [6, 6.07) is 12.8. The van der Waals surface area contributed by atoms with Gasteiger partial charge in [0, 0.05) is 35.2 Å². The molecule has 0 saturated carbocycles. The number of fused-ring (bicyclic) bond motifs is 1. The van der Waals surface area contributed by atoms with E-state index in [9.17, 15) is 14.0 Å². The van der Waals surface area contributed by atoms with Crippen molar-refractivity contribution in [3.63, 3.8) is 0 Å². The number of nitrogen functional groups attached to an aromatic ring is 1. The van der Waals surface area contributed by atoms with Gasteiger partial charge in [0.2, 0.25) is 5.43 Å². The van der Waals surface area contributed by atoms with Gasteiger partial charge in [-0.05, 0) is 49.2 Å². The zero-order chi connectivity index (χ0) is 28.0. The highest BCUT2D eigenvalue weighted by Gasteiger charge is 2.25. The number of ether oxygens (including phenoxy) is 1. The Balaban J connectivity index is 1.31. The van der Waals surface area contributed by atoms with Crippen LogP contribution in [0.15, 0.2) is 72.0 Å². The highest BCUT2D eigenvalue weighted by Crippen LogP contribution is 2.36. The van der Waals surface area contributed by atoms with Gasteiger partial charge in [0.05, 0.1) is 24.6 Å². The second-order valence-corrected chi connectivity index (χ2v) is 9.93. The van der Waals surface area contributed by atoms with Crippen LogP contribution in [0.2, 0.25) is 0 Å². The predicted molar refractivity (Wildman–Crippen MR) is 149 cm³/mol. The lowest BCUT2D eigenvalue weighted by atomic mass is 10.1. The molecule has 11 heteroatoms. The molecule has 0 radical (unpaired) electrons. The quantitative estimate of drug-likeness (QED) is 0.326. The Hall–Kier alpha value is -4.90. The number of anilines is 2. The van der Waals surface area contributed by atoms with E-state index in [-0.39, 0.29) is 23.3 Å². The molecule has 0 aliphatic carbocycles. The van der Waals surface area contributed by atoms with E-state index in [1.54, 1.807) is 23.0 Å². The second kappa shape index (κ2) is 10.0. The zero-order valence-corrected chi connectivity index (χ0v) is 21.8. The van der Waals surface area contributed by atoms with E-state index in [2.05, 4.69) is 25.0 Å². The van der Waals surface area contributed by atoms with Crippen molar-refractivity contribution in [2.45, 2.75) is 25.9 Å². The van der Waals surface area contributed by atoms with E-state index in [1.165, 1.54) is 30.6 Å². The van der Waals surface area contributed by atoms with Crippen molar-refractivity contribution in [1.82, 2.24) is 24.3 Å². The van der Waals surface area contributed by atoms with Gasteiger partial charge in [0.15, 0.2) is 5.69 Å². The minimum atomic E-state index is -0.643. The van der Waals surface area contributed by atoms with Crippen LogP contribution in [0.1, 0.15) is 36.4 Å². The highest BCUT2D eigenvalue weighted by molar-refractivity contribution is 6.04. The summed E-state index contributed by atoms with van der Waals surface area (Å²) in [5.41, 5.74) is 9.14. The van der Waals surface area contributed by atoms with Gasteiger partial charge in [0.25, 0.3) is 5.91 Å². The molecule has 40 heavy (non-hydrogen) atoms. The summed E-state index contributed by atoms with van der Waals surface area (Å²) < 4.78 is 22.4. The maximum absolute atomic E-state index is 13.5. The fourth-order valence-electron chi connectivity index (χ4n) is 4.67. The normalized spacial score (nSPS) is 13.5. The number of carbonyl (C=O) groups excluding carboxylic acids is 1. The van der Waals surface area contributed by atoms with E-state index >= 15 is 0 Å². The molecule has 0 unspecified atom stereocenters. The summed E-state index contributed by atoms with van der Waals surface area (Å²) >= 11 is 0. The lowest BCUT2D eigenvalue weighted by Gasteiger charge is -2.27. The first kappa shape index (κ1) is 25.4. The molecule has 1 fully saturated rings. The minimum Gasteiger partial charge on any atom is -0.383 e. The molecule has 0 spiro atoms.